The molecule has 0 radical (unpaired) electrons. The highest BCUT2D eigenvalue weighted by Crippen LogP contribution is 2.37. The third-order valence-electron chi connectivity index (χ3n) is 6.85. The van der Waals surface area contributed by atoms with E-state index in [1.807, 2.05) is 73.7 Å². The molecule has 0 bridgehead atoms. The van der Waals surface area contributed by atoms with Crippen LogP contribution < -0.4 is 10.1 Å². The molecule has 1 unspecified atom stereocenters. The molecule has 0 amide bonds. The largest absolute Gasteiger partial charge is 0.489 e. The predicted octanol–water partition coefficient (Wildman–Crippen LogP) is 7.09. The van der Waals surface area contributed by atoms with Crippen LogP contribution in [-0.4, -0.2) is 26.5 Å². The normalized spacial score (nSPS) is 14.4. The standard InChI is InChI=1S/C32H34N4O3S/c1-4-5-19-40-32-34-31-33-23(3)28(30(37)39-20-24-12-7-6-8-13-24)29(36(31)35-32)25-15-17-27(18-16-25)38-21-26-14-10-9-11-22(26)2/h6-18,29H,4-5,19-21H2,1-3H3,(H,33,34,35). The highest BCUT2D eigenvalue weighted by Gasteiger charge is 2.35. The Morgan fingerprint density at radius 2 is 1.73 bits per heavy atom. The van der Waals surface area contributed by atoms with Crippen LogP contribution in [0.1, 0.15) is 55.0 Å². The van der Waals surface area contributed by atoms with Gasteiger partial charge in [0.2, 0.25) is 11.1 Å². The van der Waals surface area contributed by atoms with Crippen molar-refractivity contribution in [1.82, 2.24) is 14.8 Å². The zero-order chi connectivity index (χ0) is 27.9. The fourth-order valence-electron chi connectivity index (χ4n) is 4.55. The number of rotatable bonds is 11. The molecule has 2 heterocycles. The van der Waals surface area contributed by atoms with E-state index >= 15 is 0 Å². The van der Waals surface area contributed by atoms with E-state index in [4.69, 9.17) is 19.6 Å². The molecule has 0 saturated carbocycles. The molecule has 1 atom stereocenters. The Morgan fingerprint density at radius 3 is 2.48 bits per heavy atom. The summed E-state index contributed by atoms with van der Waals surface area (Å²) in [6, 6.07) is 25.2. The number of unbranched alkanes of at least 4 members (excludes halogenated alkanes) is 1. The molecule has 5 rings (SSSR count). The van der Waals surface area contributed by atoms with Gasteiger partial charge in [-0.3, -0.25) is 0 Å². The van der Waals surface area contributed by atoms with Gasteiger partial charge in [0.15, 0.2) is 0 Å². The van der Waals surface area contributed by atoms with E-state index in [0.29, 0.717) is 29.0 Å². The number of ether oxygens (including phenoxy) is 2. The number of benzene rings is 3. The lowest BCUT2D eigenvalue weighted by Crippen LogP contribution is -2.29. The lowest BCUT2D eigenvalue weighted by molar-refractivity contribution is -0.140. The van der Waals surface area contributed by atoms with Gasteiger partial charge >= 0.3 is 5.97 Å². The fourth-order valence-corrected chi connectivity index (χ4v) is 5.47. The molecule has 206 valence electrons. The number of aryl methyl sites for hydroxylation is 1. The highest BCUT2D eigenvalue weighted by atomic mass is 32.2. The van der Waals surface area contributed by atoms with E-state index in [1.54, 1.807) is 16.4 Å². The van der Waals surface area contributed by atoms with Crippen molar-refractivity contribution in [2.24, 2.45) is 0 Å². The summed E-state index contributed by atoms with van der Waals surface area (Å²) in [4.78, 5) is 18.3. The fraction of sp³-hybridized carbons (Fsp3) is 0.281. The first-order chi connectivity index (χ1) is 19.5. The number of aromatic nitrogens is 3. The maximum atomic E-state index is 13.5. The number of nitrogens with zero attached hydrogens (tertiary/aromatic N) is 3. The summed E-state index contributed by atoms with van der Waals surface area (Å²) in [6.07, 6.45) is 2.20. The van der Waals surface area contributed by atoms with E-state index in [2.05, 4.69) is 31.3 Å². The van der Waals surface area contributed by atoms with Crippen LogP contribution in [0.15, 0.2) is 95.3 Å². The molecule has 4 aromatic rings. The highest BCUT2D eigenvalue weighted by molar-refractivity contribution is 7.99. The molecule has 8 heteroatoms. The first-order valence-corrected chi connectivity index (χ1v) is 14.6. The Morgan fingerprint density at radius 1 is 0.975 bits per heavy atom. The number of carbonyl (C=O) groups excluding carboxylic acids is 1. The van der Waals surface area contributed by atoms with Gasteiger partial charge in [-0.15, -0.1) is 5.10 Å². The number of anilines is 1. The minimum atomic E-state index is -0.488. The summed E-state index contributed by atoms with van der Waals surface area (Å²) in [5.74, 6) is 1.92. The van der Waals surface area contributed by atoms with Crippen LogP contribution in [0.5, 0.6) is 5.75 Å². The van der Waals surface area contributed by atoms with E-state index in [9.17, 15) is 4.79 Å². The number of hydrogen-bond acceptors (Lipinski definition) is 7. The molecule has 0 saturated heterocycles. The minimum Gasteiger partial charge on any atom is -0.489 e. The summed E-state index contributed by atoms with van der Waals surface area (Å²) in [5, 5.41) is 8.78. The Bertz CT molecular complexity index is 1480. The number of hydrogen-bond donors (Lipinski definition) is 1. The van der Waals surface area contributed by atoms with Gasteiger partial charge in [-0.1, -0.05) is 91.8 Å². The molecule has 1 aliphatic rings. The van der Waals surface area contributed by atoms with Gasteiger partial charge in [0.1, 0.15) is 25.0 Å². The molecule has 7 nitrogen and oxygen atoms in total. The quantitative estimate of drug-likeness (QED) is 0.120. The predicted molar refractivity (Wildman–Crippen MR) is 158 cm³/mol. The van der Waals surface area contributed by atoms with Crippen molar-refractivity contribution in [3.05, 3.63) is 112 Å². The first kappa shape index (κ1) is 27.5. The van der Waals surface area contributed by atoms with Crippen LogP contribution in [0.3, 0.4) is 0 Å². The molecule has 0 spiro atoms. The summed E-state index contributed by atoms with van der Waals surface area (Å²) in [6.45, 7) is 6.81. The third kappa shape index (κ3) is 6.39. The number of thioether (sulfide) groups is 1. The topological polar surface area (TPSA) is 78.3 Å². The zero-order valence-electron chi connectivity index (χ0n) is 23.1. The van der Waals surface area contributed by atoms with Crippen LogP contribution in [-0.2, 0) is 22.7 Å². The number of carbonyl (C=O) groups is 1. The smallest absolute Gasteiger partial charge is 0.338 e. The summed E-state index contributed by atoms with van der Waals surface area (Å²) >= 11 is 1.62. The van der Waals surface area contributed by atoms with E-state index in [1.165, 1.54) is 5.56 Å². The molecule has 1 N–H and O–H groups in total. The Balaban J connectivity index is 1.41. The van der Waals surface area contributed by atoms with Gasteiger partial charge in [-0.2, -0.15) is 4.98 Å². The van der Waals surface area contributed by atoms with Crippen molar-refractivity contribution in [2.75, 3.05) is 11.1 Å². The SMILES string of the molecule is CCCCSc1nc2n(n1)C(c1ccc(OCc3ccccc3C)cc1)C(C(=O)OCc1ccccc1)=C(C)N2. The number of nitrogens with one attached hydrogen (secondary N) is 1. The van der Waals surface area contributed by atoms with E-state index < -0.39 is 6.04 Å². The van der Waals surface area contributed by atoms with Crippen molar-refractivity contribution in [3.63, 3.8) is 0 Å². The van der Waals surface area contributed by atoms with Gasteiger partial charge in [-0.25, -0.2) is 9.48 Å². The Hall–Kier alpha value is -4.04. The summed E-state index contributed by atoms with van der Waals surface area (Å²) in [5.41, 5.74) is 5.37. The number of allylic oxidation sites excluding steroid dienone is 1. The minimum absolute atomic E-state index is 0.192. The maximum absolute atomic E-state index is 13.5. The van der Waals surface area contributed by atoms with E-state index in [0.717, 1.165) is 41.0 Å². The molecule has 40 heavy (non-hydrogen) atoms. The lowest BCUT2D eigenvalue weighted by Gasteiger charge is -2.28. The van der Waals surface area contributed by atoms with Crippen LogP contribution >= 0.6 is 11.8 Å². The van der Waals surface area contributed by atoms with Gasteiger partial charge in [0.25, 0.3) is 0 Å². The average molecular weight is 555 g/mol. The average Bonchev–Trinajstić information content (AvgIpc) is 3.38. The van der Waals surface area contributed by atoms with Gasteiger partial charge in [-0.05, 0) is 54.7 Å². The molecule has 1 aromatic heterocycles. The summed E-state index contributed by atoms with van der Waals surface area (Å²) < 4.78 is 13.7. The Kier molecular flexibility index (Phi) is 8.86. The molecule has 3 aromatic carbocycles. The van der Waals surface area contributed by atoms with Crippen molar-refractivity contribution >= 4 is 23.7 Å². The van der Waals surface area contributed by atoms with Crippen molar-refractivity contribution < 1.29 is 14.3 Å². The molecular formula is C32H34N4O3S. The van der Waals surface area contributed by atoms with Crippen molar-refractivity contribution in [1.29, 1.82) is 0 Å². The zero-order valence-corrected chi connectivity index (χ0v) is 23.9. The second-order valence-corrected chi connectivity index (χ2v) is 10.8. The third-order valence-corrected chi connectivity index (χ3v) is 7.77. The maximum Gasteiger partial charge on any atom is 0.338 e. The first-order valence-electron chi connectivity index (χ1n) is 13.6. The van der Waals surface area contributed by atoms with Gasteiger partial charge < -0.3 is 14.8 Å². The Labute approximate surface area is 239 Å². The van der Waals surface area contributed by atoms with Crippen LogP contribution in [0, 0.1) is 6.92 Å². The molecule has 0 aliphatic carbocycles. The van der Waals surface area contributed by atoms with Gasteiger partial charge in [0, 0.05) is 11.4 Å². The second-order valence-electron chi connectivity index (χ2n) is 9.78. The molecule has 0 fully saturated rings. The van der Waals surface area contributed by atoms with Crippen molar-refractivity contribution in [2.45, 2.75) is 58.0 Å². The summed E-state index contributed by atoms with van der Waals surface area (Å²) in [7, 11) is 0. The van der Waals surface area contributed by atoms with Crippen LogP contribution in [0.25, 0.3) is 0 Å². The van der Waals surface area contributed by atoms with Crippen LogP contribution in [0.2, 0.25) is 0 Å². The number of esters is 1. The molecular weight excluding hydrogens is 520 g/mol. The lowest BCUT2D eigenvalue weighted by atomic mass is 9.95. The monoisotopic (exact) mass is 554 g/mol. The molecule has 1 aliphatic heterocycles. The van der Waals surface area contributed by atoms with Crippen molar-refractivity contribution in [3.8, 4) is 5.75 Å². The second kappa shape index (κ2) is 12.9. The number of fused-ring (bicyclic) bond motifs is 1. The van der Waals surface area contributed by atoms with Gasteiger partial charge in [0.05, 0.1) is 5.57 Å². The van der Waals surface area contributed by atoms with Crippen LogP contribution in [0.4, 0.5) is 5.95 Å². The van der Waals surface area contributed by atoms with E-state index in [-0.39, 0.29) is 12.6 Å².